The van der Waals surface area contributed by atoms with Crippen LogP contribution in [0.4, 0.5) is 0 Å². The lowest BCUT2D eigenvalue weighted by Crippen LogP contribution is -2.53. The van der Waals surface area contributed by atoms with Gasteiger partial charge in [0.15, 0.2) is 12.2 Å². The highest BCUT2D eigenvalue weighted by atomic mass is 16.4. The van der Waals surface area contributed by atoms with Crippen molar-refractivity contribution in [1.82, 2.24) is 10.6 Å². The summed E-state index contributed by atoms with van der Waals surface area (Å²) in [5, 5.41) is 33.7. The zero-order valence-electron chi connectivity index (χ0n) is 15.0. The molecule has 0 aromatic heterocycles. The molecule has 28 heavy (non-hydrogen) atoms. The Morgan fingerprint density at radius 2 is 1.29 bits per heavy atom. The average molecular weight is 386 g/mol. The fraction of sp³-hybridized carbons (Fsp3) is 0.250. The van der Waals surface area contributed by atoms with Crippen molar-refractivity contribution in [2.75, 3.05) is 0 Å². The Hall–Kier alpha value is -3.23. The van der Waals surface area contributed by atoms with Crippen LogP contribution in [0.1, 0.15) is 11.1 Å². The number of carboxylic acid groups (broad SMARTS) is 1. The van der Waals surface area contributed by atoms with Crippen LogP contribution < -0.4 is 10.6 Å². The van der Waals surface area contributed by atoms with Gasteiger partial charge < -0.3 is 26.0 Å². The van der Waals surface area contributed by atoms with Gasteiger partial charge in [-0.2, -0.15) is 0 Å². The minimum absolute atomic E-state index is 0.00900. The van der Waals surface area contributed by atoms with Crippen LogP contribution >= 0.6 is 0 Å². The predicted molar refractivity (Wildman–Crippen MR) is 100 cm³/mol. The number of hydrogen-bond acceptors (Lipinski definition) is 5. The fourth-order valence-corrected chi connectivity index (χ4v) is 2.48. The molecule has 0 radical (unpaired) electrons. The molecule has 0 aliphatic rings. The predicted octanol–water partition coefficient (Wildman–Crippen LogP) is -0.163. The Labute approximate surface area is 161 Å². The molecule has 2 aromatic carbocycles. The number of amides is 2. The summed E-state index contributed by atoms with van der Waals surface area (Å²) in [6.07, 6.45) is -4.14. The summed E-state index contributed by atoms with van der Waals surface area (Å²) >= 11 is 0. The Kier molecular flexibility index (Phi) is 7.67. The van der Waals surface area contributed by atoms with E-state index in [1.165, 1.54) is 0 Å². The quantitative estimate of drug-likeness (QED) is 0.406. The van der Waals surface area contributed by atoms with Crippen molar-refractivity contribution in [2.24, 2.45) is 0 Å². The Morgan fingerprint density at radius 1 is 0.786 bits per heavy atom. The zero-order chi connectivity index (χ0) is 20.5. The van der Waals surface area contributed by atoms with Crippen LogP contribution in [-0.2, 0) is 27.3 Å². The van der Waals surface area contributed by atoms with Crippen molar-refractivity contribution in [3.63, 3.8) is 0 Å². The van der Waals surface area contributed by atoms with E-state index in [0.29, 0.717) is 5.56 Å². The van der Waals surface area contributed by atoms with Gasteiger partial charge in [0.05, 0.1) is 0 Å². The minimum Gasteiger partial charge on any atom is -0.480 e. The van der Waals surface area contributed by atoms with Crippen LogP contribution in [0.2, 0.25) is 0 Å². The number of nitrogens with one attached hydrogen (secondary N) is 2. The molecule has 8 heteroatoms. The first-order valence-electron chi connectivity index (χ1n) is 8.63. The lowest BCUT2D eigenvalue weighted by atomic mass is 10.1. The number of aliphatic carboxylic acids is 1. The second kappa shape index (κ2) is 10.2. The lowest BCUT2D eigenvalue weighted by molar-refractivity contribution is -0.149. The minimum atomic E-state index is -2.10. The van der Waals surface area contributed by atoms with Crippen LogP contribution in [0.15, 0.2) is 60.7 Å². The van der Waals surface area contributed by atoms with E-state index in [1.54, 1.807) is 54.6 Å². The molecule has 0 unspecified atom stereocenters. The van der Waals surface area contributed by atoms with Crippen molar-refractivity contribution in [3.05, 3.63) is 71.8 Å². The highest BCUT2D eigenvalue weighted by molar-refractivity contribution is 5.92. The summed E-state index contributed by atoms with van der Waals surface area (Å²) in [6, 6.07) is 16.2. The highest BCUT2D eigenvalue weighted by Gasteiger charge is 2.32. The molecule has 0 heterocycles. The largest absolute Gasteiger partial charge is 0.480 e. The molecule has 2 rings (SSSR count). The summed E-state index contributed by atoms with van der Waals surface area (Å²) in [6.45, 7) is 0.108. The molecule has 3 atom stereocenters. The van der Waals surface area contributed by atoms with Gasteiger partial charge in [-0.15, -0.1) is 0 Å². The number of aliphatic hydroxyl groups excluding tert-OH is 2. The molecule has 0 aliphatic carbocycles. The molecule has 0 bridgehead atoms. The summed E-state index contributed by atoms with van der Waals surface area (Å²) in [7, 11) is 0. The standard InChI is InChI=1S/C20H22N2O6/c23-16(18(25)21-12-14-9-5-2-6-10-14)17(24)19(26)22-15(20(27)28)11-13-7-3-1-4-8-13/h1-10,15-17,23-24H,11-12H2,(H,21,25)(H,22,26)(H,27,28)/t15-,16+,17+/m0/s1. The van der Waals surface area contributed by atoms with Gasteiger partial charge in [-0.3, -0.25) is 9.59 Å². The van der Waals surface area contributed by atoms with Gasteiger partial charge in [0.1, 0.15) is 6.04 Å². The van der Waals surface area contributed by atoms with E-state index in [4.69, 9.17) is 0 Å². The third-order valence-corrected chi connectivity index (χ3v) is 4.04. The van der Waals surface area contributed by atoms with Crippen molar-refractivity contribution < 1.29 is 29.7 Å². The van der Waals surface area contributed by atoms with Crippen molar-refractivity contribution in [1.29, 1.82) is 0 Å². The molecular formula is C20H22N2O6. The van der Waals surface area contributed by atoms with Gasteiger partial charge in [0.25, 0.3) is 11.8 Å². The first-order valence-corrected chi connectivity index (χ1v) is 8.63. The molecule has 148 valence electrons. The van der Waals surface area contributed by atoms with E-state index in [1.807, 2.05) is 6.07 Å². The van der Waals surface area contributed by atoms with Gasteiger partial charge in [0.2, 0.25) is 0 Å². The van der Waals surface area contributed by atoms with Crippen LogP contribution in [0.5, 0.6) is 0 Å². The van der Waals surface area contributed by atoms with Crippen LogP contribution in [-0.4, -0.2) is 51.4 Å². The van der Waals surface area contributed by atoms with E-state index in [0.717, 1.165) is 5.56 Å². The van der Waals surface area contributed by atoms with Crippen molar-refractivity contribution in [2.45, 2.75) is 31.2 Å². The van der Waals surface area contributed by atoms with Crippen molar-refractivity contribution in [3.8, 4) is 0 Å². The molecule has 2 amide bonds. The monoisotopic (exact) mass is 386 g/mol. The Bertz CT molecular complexity index is 797. The average Bonchev–Trinajstić information content (AvgIpc) is 2.71. The number of aliphatic hydroxyl groups is 2. The van der Waals surface area contributed by atoms with Gasteiger partial charge in [-0.05, 0) is 11.1 Å². The van der Waals surface area contributed by atoms with Crippen LogP contribution in [0, 0.1) is 0 Å². The molecule has 0 saturated carbocycles. The van der Waals surface area contributed by atoms with Gasteiger partial charge in [0, 0.05) is 13.0 Å². The number of carbonyl (C=O) groups excluding carboxylic acids is 2. The van der Waals surface area contributed by atoms with Gasteiger partial charge >= 0.3 is 5.97 Å². The van der Waals surface area contributed by atoms with Crippen LogP contribution in [0.3, 0.4) is 0 Å². The number of benzene rings is 2. The fourth-order valence-electron chi connectivity index (χ4n) is 2.48. The van der Waals surface area contributed by atoms with E-state index in [2.05, 4.69) is 10.6 Å². The van der Waals surface area contributed by atoms with Gasteiger partial charge in [-0.25, -0.2) is 4.79 Å². The second-order valence-corrected chi connectivity index (χ2v) is 6.18. The maximum Gasteiger partial charge on any atom is 0.326 e. The Morgan fingerprint density at radius 3 is 1.82 bits per heavy atom. The SMILES string of the molecule is O=C(O)[C@H](Cc1ccccc1)NC(=O)[C@H](O)[C@@H](O)C(=O)NCc1ccccc1. The normalized spacial score (nSPS) is 13.8. The van der Waals surface area contributed by atoms with E-state index < -0.39 is 36.0 Å². The van der Waals surface area contributed by atoms with Gasteiger partial charge in [-0.1, -0.05) is 60.7 Å². The third-order valence-electron chi connectivity index (χ3n) is 4.04. The number of carbonyl (C=O) groups is 3. The summed E-state index contributed by atoms with van der Waals surface area (Å²) in [5.41, 5.74) is 1.45. The summed E-state index contributed by atoms with van der Waals surface area (Å²) < 4.78 is 0. The maximum absolute atomic E-state index is 12.1. The topological polar surface area (TPSA) is 136 Å². The summed E-state index contributed by atoms with van der Waals surface area (Å²) in [4.78, 5) is 35.4. The molecule has 0 saturated heterocycles. The first-order chi connectivity index (χ1) is 13.4. The third kappa shape index (κ3) is 6.19. The molecule has 5 N–H and O–H groups in total. The van der Waals surface area contributed by atoms with E-state index >= 15 is 0 Å². The molecule has 2 aromatic rings. The van der Waals surface area contributed by atoms with E-state index in [-0.39, 0.29) is 13.0 Å². The number of rotatable bonds is 9. The molecule has 0 aliphatic heterocycles. The van der Waals surface area contributed by atoms with Crippen LogP contribution in [0.25, 0.3) is 0 Å². The van der Waals surface area contributed by atoms with Crippen molar-refractivity contribution >= 4 is 17.8 Å². The van der Waals surface area contributed by atoms with E-state index in [9.17, 15) is 29.7 Å². The molecular weight excluding hydrogens is 364 g/mol. The molecule has 8 nitrogen and oxygen atoms in total. The molecule has 0 fully saturated rings. The zero-order valence-corrected chi connectivity index (χ0v) is 15.0. The second-order valence-electron chi connectivity index (χ2n) is 6.18. The lowest BCUT2D eigenvalue weighted by Gasteiger charge is -2.20. The first kappa shape index (κ1) is 21.1. The summed E-state index contributed by atoms with van der Waals surface area (Å²) in [5.74, 6) is -3.39. The Balaban J connectivity index is 1.91. The molecule has 0 spiro atoms. The highest BCUT2D eigenvalue weighted by Crippen LogP contribution is 2.05. The number of carboxylic acids is 1. The maximum atomic E-state index is 12.1. The number of hydrogen-bond donors (Lipinski definition) is 5. The smallest absolute Gasteiger partial charge is 0.326 e.